The van der Waals surface area contributed by atoms with E-state index in [4.69, 9.17) is 0 Å². The van der Waals surface area contributed by atoms with E-state index in [1.54, 1.807) is 31.2 Å². The molecule has 1 N–H and O–H groups in total. The number of benzene rings is 1. The number of amides is 1. The normalized spacial score (nSPS) is 11.7. The Labute approximate surface area is 121 Å². The zero-order chi connectivity index (χ0) is 15.2. The highest BCUT2D eigenvalue weighted by Crippen LogP contribution is 2.09. The first-order valence-electron chi connectivity index (χ1n) is 6.31. The second kappa shape index (κ2) is 6.60. The van der Waals surface area contributed by atoms with Gasteiger partial charge in [0.15, 0.2) is 0 Å². The number of rotatable bonds is 5. The van der Waals surface area contributed by atoms with E-state index in [0.29, 0.717) is 11.3 Å². The molecule has 0 saturated carbocycles. The largest absolute Gasteiger partial charge is 0.469 e. The van der Waals surface area contributed by atoms with Gasteiger partial charge in [0.2, 0.25) is 0 Å². The van der Waals surface area contributed by atoms with Crippen LogP contribution in [-0.4, -0.2) is 45.2 Å². The number of tetrazole rings is 1. The van der Waals surface area contributed by atoms with Crippen LogP contribution in [-0.2, 0) is 9.53 Å². The highest BCUT2D eigenvalue weighted by molar-refractivity contribution is 5.95. The average Bonchev–Trinajstić information content (AvgIpc) is 3.01. The number of carbonyl (C=O) groups excluding carboxylic acids is 2. The second-order valence-electron chi connectivity index (χ2n) is 4.46. The van der Waals surface area contributed by atoms with E-state index in [-0.39, 0.29) is 24.3 Å². The molecule has 1 atom stereocenters. The Morgan fingerprint density at radius 2 is 2.24 bits per heavy atom. The third-order valence-electron chi connectivity index (χ3n) is 2.80. The molecule has 1 amide bonds. The van der Waals surface area contributed by atoms with Crippen molar-refractivity contribution in [3.63, 3.8) is 0 Å². The quantitative estimate of drug-likeness (QED) is 0.797. The van der Waals surface area contributed by atoms with E-state index in [1.165, 1.54) is 18.1 Å². The summed E-state index contributed by atoms with van der Waals surface area (Å²) in [6.45, 7) is 1.74. The van der Waals surface area contributed by atoms with Gasteiger partial charge >= 0.3 is 5.97 Å². The molecule has 8 heteroatoms. The molecule has 1 unspecified atom stereocenters. The fourth-order valence-corrected chi connectivity index (χ4v) is 1.76. The first-order chi connectivity index (χ1) is 10.1. The first-order valence-corrected chi connectivity index (χ1v) is 6.31. The van der Waals surface area contributed by atoms with Gasteiger partial charge in [0.25, 0.3) is 5.91 Å². The summed E-state index contributed by atoms with van der Waals surface area (Å²) < 4.78 is 6.01. The van der Waals surface area contributed by atoms with Crippen molar-refractivity contribution in [3.8, 4) is 5.69 Å². The molecule has 2 aromatic rings. The summed E-state index contributed by atoms with van der Waals surface area (Å²) >= 11 is 0. The van der Waals surface area contributed by atoms with Crippen LogP contribution in [0.15, 0.2) is 30.6 Å². The van der Waals surface area contributed by atoms with Crippen molar-refractivity contribution in [2.45, 2.75) is 19.4 Å². The second-order valence-corrected chi connectivity index (χ2v) is 4.46. The van der Waals surface area contributed by atoms with Crippen LogP contribution in [0.5, 0.6) is 0 Å². The number of carbonyl (C=O) groups is 2. The molecular weight excluding hydrogens is 274 g/mol. The summed E-state index contributed by atoms with van der Waals surface area (Å²) in [5.74, 6) is -0.647. The summed E-state index contributed by atoms with van der Waals surface area (Å²) in [5.41, 5.74) is 1.13. The maximum atomic E-state index is 12.1. The smallest absolute Gasteiger partial charge is 0.307 e. The number of hydrogen-bond donors (Lipinski definition) is 1. The van der Waals surface area contributed by atoms with Crippen molar-refractivity contribution < 1.29 is 14.3 Å². The molecule has 0 fully saturated rings. The lowest BCUT2D eigenvalue weighted by Crippen LogP contribution is -2.34. The van der Waals surface area contributed by atoms with Crippen LogP contribution in [0, 0.1) is 0 Å². The molecule has 0 bridgehead atoms. The SMILES string of the molecule is COC(=O)CC(C)NC(=O)c1cccc(-n2cnnn2)c1. The van der Waals surface area contributed by atoms with Gasteiger partial charge in [0, 0.05) is 11.6 Å². The van der Waals surface area contributed by atoms with E-state index >= 15 is 0 Å². The predicted molar refractivity (Wildman–Crippen MR) is 72.7 cm³/mol. The lowest BCUT2D eigenvalue weighted by Gasteiger charge is -2.13. The molecular formula is C13H15N5O3. The van der Waals surface area contributed by atoms with Crippen LogP contribution in [0.2, 0.25) is 0 Å². The highest BCUT2D eigenvalue weighted by atomic mass is 16.5. The maximum absolute atomic E-state index is 12.1. The number of nitrogens with zero attached hydrogens (tertiary/aromatic N) is 4. The van der Waals surface area contributed by atoms with Gasteiger partial charge in [-0.1, -0.05) is 6.07 Å². The standard InChI is InChI=1S/C13H15N5O3/c1-9(6-12(19)21-2)15-13(20)10-4-3-5-11(7-10)18-8-14-16-17-18/h3-5,7-9H,6H2,1-2H3,(H,15,20). The molecule has 0 radical (unpaired) electrons. The number of esters is 1. The van der Waals surface area contributed by atoms with Crippen molar-refractivity contribution in [2.24, 2.45) is 0 Å². The topological polar surface area (TPSA) is 99.0 Å². The zero-order valence-electron chi connectivity index (χ0n) is 11.7. The fraction of sp³-hybridized carbons (Fsp3) is 0.308. The molecule has 0 saturated heterocycles. The monoisotopic (exact) mass is 289 g/mol. The minimum absolute atomic E-state index is 0.120. The molecule has 1 aromatic carbocycles. The summed E-state index contributed by atoms with van der Waals surface area (Å²) in [5, 5.41) is 13.6. The molecule has 1 heterocycles. The Bertz CT molecular complexity index is 626. The van der Waals surface area contributed by atoms with Crippen molar-refractivity contribution in [3.05, 3.63) is 36.2 Å². The molecule has 21 heavy (non-hydrogen) atoms. The Kier molecular flexibility index (Phi) is 4.60. The van der Waals surface area contributed by atoms with Gasteiger partial charge in [-0.15, -0.1) is 5.10 Å². The molecule has 0 aliphatic carbocycles. The predicted octanol–water partition coefficient (Wildman–Crippen LogP) is 0.344. The Balaban J connectivity index is 2.06. The number of ether oxygens (including phenoxy) is 1. The van der Waals surface area contributed by atoms with Gasteiger partial charge in [-0.25, -0.2) is 4.68 Å². The van der Waals surface area contributed by atoms with Gasteiger partial charge in [-0.05, 0) is 35.5 Å². The summed E-state index contributed by atoms with van der Waals surface area (Å²) in [6, 6.07) is 6.54. The average molecular weight is 289 g/mol. The van der Waals surface area contributed by atoms with Crippen LogP contribution in [0.1, 0.15) is 23.7 Å². The molecule has 110 valence electrons. The van der Waals surface area contributed by atoms with Crippen molar-refractivity contribution in [1.82, 2.24) is 25.5 Å². The summed E-state index contributed by atoms with van der Waals surface area (Å²) in [4.78, 5) is 23.3. The number of aromatic nitrogens is 4. The van der Waals surface area contributed by atoms with Gasteiger partial charge in [0.1, 0.15) is 6.33 Å². The van der Waals surface area contributed by atoms with Crippen molar-refractivity contribution >= 4 is 11.9 Å². The first kappa shape index (κ1) is 14.6. The zero-order valence-corrected chi connectivity index (χ0v) is 11.7. The van der Waals surface area contributed by atoms with Gasteiger partial charge in [-0.3, -0.25) is 9.59 Å². The highest BCUT2D eigenvalue weighted by Gasteiger charge is 2.14. The van der Waals surface area contributed by atoms with Gasteiger partial charge in [0.05, 0.1) is 19.2 Å². The van der Waals surface area contributed by atoms with E-state index in [9.17, 15) is 9.59 Å². The minimum Gasteiger partial charge on any atom is -0.469 e. The molecule has 8 nitrogen and oxygen atoms in total. The van der Waals surface area contributed by atoms with E-state index in [2.05, 4.69) is 25.6 Å². The lowest BCUT2D eigenvalue weighted by atomic mass is 10.1. The van der Waals surface area contributed by atoms with Crippen molar-refractivity contribution in [2.75, 3.05) is 7.11 Å². The minimum atomic E-state index is -0.370. The molecule has 1 aromatic heterocycles. The van der Waals surface area contributed by atoms with Crippen LogP contribution in [0.4, 0.5) is 0 Å². The number of methoxy groups -OCH3 is 1. The van der Waals surface area contributed by atoms with E-state index < -0.39 is 0 Å². The van der Waals surface area contributed by atoms with Gasteiger partial charge < -0.3 is 10.1 Å². The van der Waals surface area contributed by atoms with Crippen LogP contribution in [0.3, 0.4) is 0 Å². The maximum Gasteiger partial charge on any atom is 0.307 e. The number of nitrogens with one attached hydrogen (secondary N) is 1. The van der Waals surface area contributed by atoms with Gasteiger partial charge in [-0.2, -0.15) is 0 Å². The van der Waals surface area contributed by atoms with E-state index in [0.717, 1.165) is 0 Å². The molecule has 0 spiro atoms. The molecule has 2 rings (SSSR count). The van der Waals surface area contributed by atoms with E-state index in [1.807, 2.05) is 0 Å². The third-order valence-corrected chi connectivity index (χ3v) is 2.80. The number of hydrogen-bond acceptors (Lipinski definition) is 6. The Hall–Kier alpha value is -2.77. The third kappa shape index (κ3) is 3.85. The molecule has 0 aliphatic rings. The van der Waals surface area contributed by atoms with Crippen LogP contribution >= 0.6 is 0 Å². The Morgan fingerprint density at radius 3 is 2.90 bits per heavy atom. The van der Waals surface area contributed by atoms with Crippen LogP contribution in [0.25, 0.3) is 5.69 Å². The summed E-state index contributed by atoms with van der Waals surface area (Å²) in [6.07, 6.45) is 1.56. The molecule has 0 aliphatic heterocycles. The Morgan fingerprint density at radius 1 is 1.43 bits per heavy atom. The summed E-state index contributed by atoms with van der Waals surface area (Å²) in [7, 11) is 1.31. The van der Waals surface area contributed by atoms with Crippen molar-refractivity contribution in [1.29, 1.82) is 0 Å². The lowest BCUT2D eigenvalue weighted by molar-refractivity contribution is -0.141. The fourth-order valence-electron chi connectivity index (χ4n) is 1.76. The van der Waals surface area contributed by atoms with Crippen LogP contribution < -0.4 is 5.32 Å².